The number of ether oxygens (including phenoxy) is 1. The number of hydrogen-bond acceptors (Lipinski definition) is 5. The van der Waals surface area contributed by atoms with Crippen molar-refractivity contribution in [2.45, 2.75) is 57.6 Å². The van der Waals surface area contributed by atoms with Crippen molar-refractivity contribution in [2.24, 2.45) is 0 Å². The number of anilines is 1. The number of rotatable bonds is 6. The summed E-state index contributed by atoms with van der Waals surface area (Å²) in [5.74, 6) is -0.373. The van der Waals surface area contributed by atoms with Gasteiger partial charge in [-0.05, 0) is 45.7 Å². The Bertz CT molecular complexity index is 864. The van der Waals surface area contributed by atoms with Crippen LogP contribution in [-0.4, -0.2) is 49.8 Å². The Hall–Kier alpha value is -2.13. The Balaban J connectivity index is 2.27. The van der Waals surface area contributed by atoms with Crippen LogP contribution in [0.4, 0.5) is 5.69 Å². The van der Waals surface area contributed by atoms with Gasteiger partial charge in [-0.15, -0.1) is 0 Å². The number of carbonyl (C=O) groups excluding carboxylic acids is 2. The van der Waals surface area contributed by atoms with E-state index in [-0.39, 0.29) is 29.0 Å². The zero-order valence-electron chi connectivity index (χ0n) is 16.5. The summed E-state index contributed by atoms with van der Waals surface area (Å²) < 4.78 is 32.4. The van der Waals surface area contributed by atoms with E-state index in [1.54, 1.807) is 19.9 Å². The van der Waals surface area contributed by atoms with Crippen LogP contribution in [0.25, 0.3) is 0 Å². The third-order valence-electron chi connectivity index (χ3n) is 4.62. The van der Waals surface area contributed by atoms with Crippen molar-refractivity contribution < 1.29 is 22.7 Å². The zero-order valence-corrected chi connectivity index (χ0v) is 17.4. The smallest absolute Gasteiger partial charge is 0.265 e. The Labute approximate surface area is 160 Å². The number of nitrogens with zero attached hydrogens (tertiary/aromatic N) is 1. The summed E-state index contributed by atoms with van der Waals surface area (Å²) in [5.41, 5.74) is 0.471. The molecule has 1 heterocycles. The second kappa shape index (κ2) is 7.47. The fourth-order valence-electron chi connectivity index (χ4n) is 2.58. The molecule has 2 N–H and O–H groups in total. The molecule has 1 aromatic carbocycles. The van der Waals surface area contributed by atoms with Crippen LogP contribution >= 0.6 is 0 Å². The number of fused-ring (bicyclic) bond motifs is 1. The summed E-state index contributed by atoms with van der Waals surface area (Å²) in [6.45, 7) is 8.61. The highest BCUT2D eigenvalue weighted by Crippen LogP contribution is 2.35. The van der Waals surface area contributed by atoms with Gasteiger partial charge in [0.2, 0.25) is 15.9 Å². The van der Waals surface area contributed by atoms with E-state index in [2.05, 4.69) is 10.6 Å². The van der Waals surface area contributed by atoms with Crippen LogP contribution in [0.15, 0.2) is 17.0 Å². The Morgan fingerprint density at radius 3 is 2.59 bits per heavy atom. The van der Waals surface area contributed by atoms with Gasteiger partial charge in [-0.25, -0.2) is 8.42 Å². The SMILES string of the molecule is CCC(C)(C)NC(=O)CN(C)S(=O)(=O)c1cc2c(cc1C)NC(=O)[C@@H](C)O2. The first-order valence-corrected chi connectivity index (χ1v) is 10.2. The van der Waals surface area contributed by atoms with Gasteiger partial charge in [0.25, 0.3) is 5.91 Å². The highest BCUT2D eigenvalue weighted by molar-refractivity contribution is 7.89. The molecule has 1 aromatic rings. The van der Waals surface area contributed by atoms with Crippen molar-refractivity contribution in [1.82, 2.24) is 9.62 Å². The second-order valence-electron chi connectivity index (χ2n) is 7.41. The summed E-state index contributed by atoms with van der Waals surface area (Å²) >= 11 is 0. The van der Waals surface area contributed by atoms with Gasteiger partial charge in [0, 0.05) is 18.7 Å². The molecule has 9 heteroatoms. The van der Waals surface area contributed by atoms with Crippen molar-refractivity contribution >= 4 is 27.5 Å². The van der Waals surface area contributed by atoms with Gasteiger partial charge >= 0.3 is 0 Å². The molecule has 2 rings (SSSR count). The lowest BCUT2D eigenvalue weighted by atomic mass is 10.0. The van der Waals surface area contributed by atoms with Crippen LogP contribution in [0.2, 0.25) is 0 Å². The lowest BCUT2D eigenvalue weighted by Crippen LogP contribution is -2.47. The third kappa shape index (κ3) is 4.59. The van der Waals surface area contributed by atoms with E-state index in [9.17, 15) is 18.0 Å². The normalized spacial score (nSPS) is 17.1. The first kappa shape index (κ1) is 21.2. The average molecular weight is 397 g/mol. The monoisotopic (exact) mass is 397 g/mol. The van der Waals surface area contributed by atoms with E-state index in [0.717, 1.165) is 10.7 Å². The molecule has 0 saturated carbocycles. The topological polar surface area (TPSA) is 105 Å². The Morgan fingerprint density at radius 2 is 2.00 bits per heavy atom. The van der Waals surface area contributed by atoms with E-state index >= 15 is 0 Å². The molecular weight excluding hydrogens is 370 g/mol. The minimum absolute atomic E-state index is 0.0367. The summed E-state index contributed by atoms with van der Waals surface area (Å²) in [6.07, 6.45) is 0.0101. The maximum Gasteiger partial charge on any atom is 0.265 e. The van der Waals surface area contributed by atoms with E-state index in [0.29, 0.717) is 11.3 Å². The Kier molecular flexibility index (Phi) is 5.86. The number of amides is 2. The first-order valence-electron chi connectivity index (χ1n) is 8.77. The number of benzene rings is 1. The maximum absolute atomic E-state index is 13.0. The fourth-order valence-corrected chi connectivity index (χ4v) is 3.93. The van der Waals surface area contributed by atoms with Gasteiger partial charge in [0.1, 0.15) is 5.75 Å². The highest BCUT2D eigenvalue weighted by Gasteiger charge is 2.30. The number of likely N-dealkylation sites (N-methyl/N-ethyl adjacent to an activating group) is 1. The standard InChI is InChI=1S/C18H27N3O5S/c1-7-18(4,5)20-16(22)10-21(6)27(24,25)15-9-14-13(8-11(15)2)19-17(23)12(3)26-14/h8-9,12H,7,10H2,1-6H3,(H,19,23)(H,20,22)/t12-/m1/s1. The molecule has 150 valence electrons. The number of nitrogens with one attached hydrogen (secondary N) is 2. The second-order valence-corrected chi connectivity index (χ2v) is 9.42. The van der Waals surface area contributed by atoms with Gasteiger partial charge in [-0.1, -0.05) is 6.92 Å². The predicted octanol–water partition coefficient (Wildman–Crippen LogP) is 1.64. The van der Waals surface area contributed by atoms with E-state index in [1.165, 1.54) is 13.1 Å². The maximum atomic E-state index is 13.0. The fraction of sp³-hybridized carbons (Fsp3) is 0.556. The van der Waals surface area contributed by atoms with Crippen LogP contribution in [0, 0.1) is 6.92 Å². The third-order valence-corrected chi connectivity index (χ3v) is 6.57. The van der Waals surface area contributed by atoms with Crippen molar-refractivity contribution in [3.63, 3.8) is 0 Å². The van der Waals surface area contributed by atoms with Crippen LogP contribution in [0.1, 0.15) is 39.7 Å². The average Bonchev–Trinajstić information content (AvgIpc) is 2.55. The summed E-state index contributed by atoms with van der Waals surface area (Å²) in [5, 5.41) is 5.50. The predicted molar refractivity (Wildman–Crippen MR) is 102 cm³/mol. The number of hydrogen-bond donors (Lipinski definition) is 2. The van der Waals surface area contributed by atoms with Crippen LogP contribution in [-0.2, 0) is 19.6 Å². The number of carbonyl (C=O) groups is 2. The number of aryl methyl sites for hydroxylation is 1. The minimum atomic E-state index is -3.91. The van der Waals surface area contributed by atoms with Crippen LogP contribution in [0.3, 0.4) is 0 Å². The van der Waals surface area contributed by atoms with Crippen LogP contribution in [0.5, 0.6) is 5.75 Å². The molecule has 0 fully saturated rings. The molecule has 27 heavy (non-hydrogen) atoms. The summed E-state index contributed by atoms with van der Waals surface area (Å²) in [4.78, 5) is 24.0. The molecule has 0 unspecified atom stereocenters. The van der Waals surface area contributed by atoms with Crippen molar-refractivity contribution in [2.75, 3.05) is 18.9 Å². The first-order chi connectivity index (χ1) is 12.4. The molecule has 0 aromatic heterocycles. The Morgan fingerprint density at radius 1 is 1.37 bits per heavy atom. The molecule has 0 radical (unpaired) electrons. The molecule has 0 bridgehead atoms. The van der Waals surface area contributed by atoms with Crippen molar-refractivity contribution in [1.29, 1.82) is 0 Å². The molecule has 0 spiro atoms. The molecule has 1 aliphatic rings. The molecule has 0 aliphatic carbocycles. The van der Waals surface area contributed by atoms with Crippen molar-refractivity contribution in [3.05, 3.63) is 17.7 Å². The molecule has 8 nitrogen and oxygen atoms in total. The molecule has 1 atom stereocenters. The van der Waals surface area contributed by atoms with Gasteiger partial charge in [0.15, 0.2) is 6.10 Å². The largest absolute Gasteiger partial charge is 0.479 e. The van der Waals surface area contributed by atoms with Crippen LogP contribution < -0.4 is 15.4 Å². The zero-order chi connectivity index (χ0) is 20.6. The van der Waals surface area contributed by atoms with Gasteiger partial charge in [-0.2, -0.15) is 4.31 Å². The van der Waals surface area contributed by atoms with E-state index < -0.39 is 21.7 Å². The lowest BCUT2D eigenvalue weighted by molar-refractivity contribution is -0.123. The van der Waals surface area contributed by atoms with Gasteiger partial charge < -0.3 is 15.4 Å². The summed E-state index contributed by atoms with van der Waals surface area (Å²) in [7, 11) is -2.55. The van der Waals surface area contributed by atoms with E-state index in [4.69, 9.17) is 4.74 Å². The quantitative estimate of drug-likeness (QED) is 0.759. The minimum Gasteiger partial charge on any atom is -0.479 e. The molecular formula is C18H27N3O5S. The van der Waals surface area contributed by atoms with E-state index in [1.807, 2.05) is 20.8 Å². The molecule has 1 aliphatic heterocycles. The highest BCUT2D eigenvalue weighted by atomic mass is 32.2. The van der Waals surface area contributed by atoms with Gasteiger partial charge in [-0.3, -0.25) is 9.59 Å². The molecule has 2 amide bonds. The lowest BCUT2D eigenvalue weighted by Gasteiger charge is -2.27. The molecule has 0 saturated heterocycles. The van der Waals surface area contributed by atoms with Gasteiger partial charge in [0.05, 0.1) is 17.1 Å². The van der Waals surface area contributed by atoms with Crippen molar-refractivity contribution in [3.8, 4) is 5.75 Å². The number of sulfonamides is 1. The summed E-state index contributed by atoms with van der Waals surface area (Å²) in [6, 6.07) is 2.94.